The van der Waals surface area contributed by atoms with E-state index in [2.05, 4.69) is 73.0 Å². The van der Waals surface area contributed by atoms with Crippen LogP contribution in [0.25, 0.3) is 10.9 Å². The summed E-state index contributed by atoms with van der Waals surface area (Å²) in [5.41, 5.74) is 3.04. The molecule has 184 valence electrons. The van der Waals surface area contributed by atoms with Gasteiger partial charge in [-0.05, 0) is 42.4 Å². The number of para-hydroxylation sites is 1. The maximum atomic E-state index is 13.7. The molecule has 0 N–H and O–H groups in total. The zero-order valence-electron chi connectivity index (χ0n) is 21.1. The number of aryl methyl sites for hydroxylation is 1. The first-order valence-corrected chi connectivity index (χ1v) is 12.8. The van der Waals surface area contributed by atoms with Gasteiger partial charge in [0, 0.05) is 56.9 Å². The van der Waals surface area contributed by atoms with Crippen LogP contribution in [-0.2, 0) is 24.8 Å². The van der Waals surface area contributed by atoms with E-state index in [0.717, 1.165) is 26.1 Å². The van der Waals surface area contributed by atoms with Crippen LogP contribution in [0, 0.1) is 5.92 Å². The Balaban J connectivity index is 1.34. The Morgan fingerprint density at radius 1 is 0.943 bits per heavy atom. The van der Waals surface area contributed by atoms with Gasteiger partial charge in [-0.2, -0.15) is 0 Å². The summed E-state index contributed by atoms with van der Waals surface area (Å²) in [7, 11) is 2.09. The second kappa shape index (κ2) is 9.50. The largest absolute Gasteiger partial charge is 0.350 e. The Bertz CT molecular complexity index is 1210. The van der Waals surface area contributed by atoms with Crippen molar-refractivity contribution in [3.8, 4) is 0 Å². The Labute approximate surface area is 208 Å². The lowest BCUT2D eigenvalue weighted by Gasteiger charge is -2.42. The number of hydrogen-bond donors (Lipinski definition) is 0. The Morgan fingerprint density at radius 3 is 2.34 bits per heavy atom. The SMILES string of the molecule is CC(C)CN1C(=O)N(CCc2ccccc2)C2(CCN(Cc3cn(C)c4ccccc34)CC2)C1=O. The summed E-state index contributed by atoms with van der Waals surface area (Å²) in [5.74, 6) is 0.259. The number of amides is 3. The molecule has 0 aliphatic carbocycles. The number of carbonyl (C=O) groups excluding carboxylic acids is 2. The van der Waals surface area contributed by atoms with Gasteiger partial charge in [0.2, 0.25) is 0 Å². The minimum atomic E-state index is -0.712. The van der Waals surface area contributed by atoms with Gasteiger partial charge in [0.15, 0.2) is 0 Å². The fourth-order valence-corrected chi connectivity index (χ4v) is 5.86. The van der Waals surface area contributed by atoms with Crippen LogP contribution in [0.5, 0.6) is 0 Å². The third-order valence-electron chi connectivity index (χ3n) is 7.69. The summed E-state index contributed by atoms with van der Waals surface area (Å²) < 4.78 is 2.18. The van der Waals surface area contributed by atoms with Crippen LogP contribution in [0.3, 0.4) is 0 Å². The van der Waals surface area contributed by atoms with Crippen LogP contribution in [0.15, 0.2) is 60.8 Å². The Morgan fingerprint density at radius 2 is 1.63 bits per heavy atom. The quantitative estimate of drug-likeness (QED) is 0.470. The summed E-state index contributed by atoms with van der Waals surface area (Å²) in [6.45, 7) is 7.66. The molecule has 1 spiro atoms. The molecule has 3 aromatic rings. The maximum Gasteiger partial charge on any atom is 0.327 e. The lowest BCUT2D eigenvalue weighted by molar-refractivity contribution is -0.136. The monoisotopic (exact) mass is 472 g/mol. The van der Waals surface area contributed by atoms with Crippen LogP contribution in [0.1, 0.15) is 37.8 Å². The molecule has 3 heterocycles. The van der Waals surface area contributed by atoms with E-state index in [0.29, 0.717) is 25.9 Å². The van der Waals surface area contributed by atoms with Gasteiger partial charge in [0.05, 0.1) is 0 Å². The minimum Gasteiger partial charge on any atom is -0.350 e. The first-order chi connectivity index (χ1) is 16.9. The standard InChI is InChI=1S/C29H36N4O2/c1-22(2)19-32-27(34)29(33(28(32)35)16-13-23-9-5-4-6-10-23)14-17-31(18-15-29)21-24-20-30(3)26-12-8-7-11-25(24)26/h4-12,20,22H,13-19,21H2,1-3H3. The molecule has 35 heavy (non-hydrogen) atoms. The fourth-order valence-electron chi connectivity index (χ4n) is 5.86. The highest BCUT2D eigenvalue weighted by Crippen LogP contribution is 2.38. The summed E-state index contributed by atoms with van der Waals surface area (Å²) in [5, 5.41) is 1.29. The molecule has 2 aromatic carbocycles. The topological polar surface area (TPSA) is 48.8 Å². The second-order valence-electron chi connectivity index (χ2n) is 10.6. The van der Waals surface area contributed by atoms with Gasteiger partial charge in [-0.15, -0.1) is 0 Å². The highest BCUT2D eigenvalue weighted by molar-refractivity contribution is 6.07. The summed E-state index contributed by atoms with van der Waals surface area (Å²) in [6, 6.07) is 18.6. The van der Waals surface area contributed by atoms with Crippen LogP contribution in [0.2, 0.25) is 0 Å². The average Bonchev–Trinajstić information content (AvgIpc) is 3.27. The lowest BCUT2D eigenvalue weighted by Crippen LogP contribution is -2.56. The maximum absolute atomic E-state index is 13.7. The molecule has 0 unspecified atom stereocenters. The molecule has 0 saturated carbocycles. The number of imide groups is 1. The number of rotatable bonds is 7. The molecule has 0 radical (unpaired) electrons. The number of aromatic nitrogens is 1. The smallest absolute Gasteiger partial charge is 0.327 e. The van der Waals surface area contributed by atoms with Gasteiger partial charge >= 0.3 is 6.03 Å². The predicted molar refractivity (Wildman–Crippen MR) is 139 cm³/mol. The Kier molecular flexibility index (Phi) is 6.41. The molecule has 0 atom stereocenters. The molecule has 2 aliphatic heterocycles. The molecule has 3 amide bonds. The number of fused-ring (bicyclic) bond motifs is 1. The van der Waals surface area contributed by atoms with E-state index in [4.69, 9.17) is 0 Å². The third-order valence-corrected chi connectivity index (χ3v) is 7.69. The fraction of sp³-hybridized carbons (Fsp3) is 0.448. The van der Waals surface area contributed by atoms with E-state index in [-0.39, 0.29) is 17.9 Å². The Hall–Kier alpha value is -3.12. The number of hydrogen-bond acceptors (Lipinski definition) is 3. The van der Waals surface area contributed by atoms with Crippen LogP contribution in [0.4, 0.5) is 4.79 Å². The van der Waals surface area contributed by atoms with Gasteiger partial charge in [-0.3, -0.25) is 14.6 Å². The van der Waals surface area contributed by atoms with Crippen molar-refractivity contribution in [2.24, 2.45) is 13.0 Å². The molecule has 5 rings (SSSR count). The first kappa shape index (κ1) is 23.6. The zero-order chi connectivity index (χ0) is 24.6. The summed E-state index contributed by atoms with van der Waals surface area (Å²) in [6.07, 6.45) is 4.35. The van der Waals surface area contributed by atoms with Crippen molar-refractivity contribution in [1.29, 1.82) is 0 Å². The minimum absolute atomic E-state index is 0.00840. The number of piperidine rings is 1. The first-order valence-electron chi connectivity index (χ1n) is 12.8. The van der Waals surface area contributed by atoms with Gasteiger partial charge in [0.1, 0.15) is 5.54 Å². The van der Waals surface area contributed by atoms with E-state index in [9.17, 15) is 9.59 Å². The lowest BCUT2D eigenvalue weighted by atomic mass is 9.85. The van der Waals surface area contributed by atoms with Crippen molar-refractivity contribution in [3.63, 3.8) is 0 Å². The van der Waals surface area contributed by atoms with Gasteiger partial charge in [-0.25, -0.2) is 4.79 Å². The molecule has 6 nitrogen and oxygen atoms in total. The van der Waals surface area contributed by atoms with Crippen molar-refractivity contribution in [2.75, 3.05) is 26.2 Å². The molecule has 0 bridgehead atoms. The van der Waals surface area contributed by atoms with Crippen molar-refractivity contribution >= 4 is 22.8 Å². The summed E-state index contributed by atoms with van der Waals surface area (Å²) in [4.78, 5) is 33.1. The highest BCUT2D eigenvalue weighted by Gasteiger charge is 2.57. The average molecular weight is 473 g/mol. The van der Waals surface area contributed by atoms with Crippen molar-refractivity contribution in [2.45, 2.75) is 45.2 Å². The molecule has 2 aliphatic rings. The van der Waals surface area contributed by atoms with E-state index < -0.39 is 5.54 Å². The number of benzene rings is 2. The molecule has 2 saturated heterocycles. The van der Waals surface area contributed by atoms with E-state index in [1.165, 1.54) is 26.9 Å². The third kappa shape index (κ3) is 4.36. The highest BCUT2D eigenvalue weighted by atomic mass is 16.2. The molecular formula is C29H36N4O2. The van der Waals surface area contributed by atoms with Gasteiger partial charge < -0.3 is 9.47 Å². The number of nitrogens with zero attached hydrogens (tertiary/aromatic N) is 4. The van der Waals surface area contributed by atoms with Crippen molar-refractivity contribution in [1.82, 2.24) is 19.3 Å². The van der Waals surface area contributed by atoms with Crippen molar-refractivity contribution < 1.29 is 9.59 Å². The van der Waals surface area contributed by atoms with Gasteiger partial charge in [-0.1, -0.05) is 62.4 Å². The van der Waals surface area contributed by atoms with Crippen LogP contribution < -0.4 is 0 Å². The molecule has 2 fully saturated rings. The van der Waals surface area contributed by atoms with Gasteiger partial charge in [0.25, 0.3) is 5.91 Å². The van der Waals surface area contributed by atoms with E-state index in [1.807, 2.05) is 23.1 Å². The van der Waals surface area contributed by atoms with Crippen LogP contribution >= 0.6 is 0 Å². The van der Waals surface area contributed by atoms with E-state index >= 15 is 0 Å². The number of carbonyl (C=O) groups is 2. The van der Waals surface area contributed by atoms with Crippen LogP contribution in [-0.4, -0.2) is 62.9 Å². The van der Waals surface area contributed by atoms with Crippen molar-refractivity contribution in [3.05, 3.63) is 71.9 Å². The second-order valence-corrected chi connectivity index (χ2v) is 10.6. The molecule has 1 aromatic heterocycles. The molecule has 6 heteroatoms. The zero-order valence-corrected chi connectivity index (χ0v) is 21.1. The molecular weight excluding hydrogens is 436 g/mol. The predicted octanol–water partition coefficient (Wildman–Crippen LogP) is 4.68. The summed E-state index contributed by atoms with van der Waals surface area (Å²) >= 11 is 0. The number of likely N-dealkylation sites (tertiary alicyclic amines) is 1. The normalized spacial score (nSPS) is 18.5. The number of urea groups is 1. The van der Waals surface area contributed by atoms with E-state index in [1.54, 1.807) is 0 Å².